The van der Waals surface area contributed by atoms with Gasteiger partial charge in [-0.15, -0.1) is 11.8 Å². The molecule has 1 amide bonds. The molecule has 3 rings (SSSR count). The molecule has 2 aliphatic rings. The fraction of sp³-hybridized carbons (Fsp3) is 0.562. The average molecular weight is 391 g/mol. The lowest BCUT2D eigenvalue weighted by molar-refractivity contribution is -0.925. The van der Waals surface area contributed by atoms with Gasteiger partial charge in [0.1, 0.15) is 23.4 Å². The molecule has 25 heavy (non-hydrogen) atoms. The second-order valence-electron chi connectivity index (χ2n) is 6.50. The lowest BCUT2D eigenvalue weighted by Crippen LogP contribution is -3.18. The maximum Gasteiger partial charge on any atom is 0.233 e. The van der Waals surface area contributed by atoms with Crippen LogP contribution in [0.4, 0.5) is 8.78 Å². The van der Waals surface area contributed by atoms with Crippen LogP contribution in [0, 0.1) is 11.6 Å². The predicted molar refractivity (Wildman–Crippen MR) is 91.4 cm³/mol. The first-order chi connectivity index (χ1) is 11.8. The van der Waals surface area contributed by atoms with Crippen molar-refractivity contribution in [3.8, 4) is 0 Å². The van der Waals surface area contributed by atoms with Crippen LogP contribution in [-0.2, 0) is 14.6 Å². The van der Waals surface area contributed by atoms with Crippen LogP contribution in [0.3, 0.4) is 0 Å². The maximum absolute atomic E-state index is 13.6. The summed E-state index contributed by atoms with van der Waals surface area (Å²) in [6.07, 6.45) is 0.695. The summed E-state index contributed by atoms with van der Waals surface area (Å²) in [5.41, 5.74) is 0. The van der Waals surface area contributed by atoms with Gasteiger partial charge < -0.3 is 9.80 Å². The second-order valence-corrected chi connectivity index (χ2v) is 9.75. The highest BCUT2D eigenvalue weighted by molar-refractivity contribution is 8.00. The molecule has 0 aliphatic carbocycles. The Bertz CT molecular complexity index is 750. The number of sulfone groups is 1. The molecule has 0 unspecified atom stereocenters. The van der Waals surface area contributed by atoms with Crippen LogP contribution in [0.2, 0.25) is 0 Å². The Kier molecular flexibility index (Phi) is 5.65. The molecule has 0 bridgehead atoms. The van der Waals surface area contributed by atoms with Crippen molar-refractivity contribution < 1.29 is 26.9 Å². The summed E-state index contributed by atoms with van der Waals surface area (Å²) in [6, 6.07) is 3.33. The number of benzene rings is 1. The Labute approximate surface area is 150 Å². The Balaban J connectivity index is 1.48. The van der Waals surface area contributed by atoms with Crippen LogP contribution >= 0.6 is 11.8 Å². The minimum Gasteiger partial charge on any atom is -0.331 e. The Morgan fingerprint density at radius 1 is 1.28 bits per heavy atom. The minimum atomic E-state index is -2.89. The Morgan fingerprint density at radius 3 is 2.64 bits per heavy atom. The third kappa shape index (κ3) is 4.71. The molecule has 2 heterocycles. The summed E-state index contributed by atoms with van der Waals surface area (Å²) in [6.45, 7) is 2.59. The molecule has 0 aromatic heterocycles. The van der Waals surface area contributed by atoms with Gasteiger partial charge in [-0.3, -0.25) is 4.79 Å². The van der Waals surface area contributed by atoms with Gasteiger partial charge in [0.2, 0.25) is 5.91 Å². The van der Waals surface area contributed by atoms with E-state index in [2.05, 4.69) is 0 Å². The van der Waals surface area contributed by atoms with Gasteiger partial charge in [-0.2, -0.15) is 0 Å². The zero-order valence-corrected chi connectivity index (χ0v) is 15.3. The number of hydrogen-bond acceptors (Lipinski definition) is 4. The zero-order chi connectivity index (χ0) is 18.0. The monoisotopic (exact) mass is 391 g/mol. The van der Waals surface area contributed by atoms with Gasteiger partial charge in [0.05, 0.1) is 37.7 Å². The highest BCUT2D eigenvalue weighted by atomic mass is 32.2. The zero-order valence-electron chi connectivity index (χ0n) is 13.7. The van der Waals surface area contributed by atoms with Gasteiger partial charge in [-0.05, 0) is 18.2 Å². The number of amides is 1. The summed E-state index contributed by atoms with van der Waals surface area (Å²) >= 11 is 0.996. The molecule has 9 heteroatoms. The highest BCUT2D eigenvalue weighted by Gasteiger charge is 2.37. The molecule has 0 saturated carbocycles. The molecule has 2 aliphatic heterocycles. The summed E-state index contributed by atoms with van der Waals surface area (Å²) in [5, 5.41) is 0. The van der Waals surface area contributed by atoms with Gasteiger partial charge in [0.25, 0.3) is 0 Å². The molecule has 0 spiro atoms. The lowest BCUT2D eigenvalue weighted by Gasteiger charge is -2.35. The lowest BCUT2D eigenvalue weighted by atomic mass is 10.2. The number of nitrogens with zero attached hydrogens (tertiary/aromatic N) is 1. The first-order valence-electron chi connectivity index (χ1n) is 8.25. The second kappa shape index (κ2) is 7.59. The minimum absolute atomic E-state index is 0.0630. The quantitative estimate of drug-likeness (QED) is 0.733. The first kappa shape index (κ1) is 18.6. The maximum atomic E-state index is 13.6. The molecule has 1 aromatic rings. The standard InChI is InChI=1S/C16H20F2N2O3S2/c17-12-1-2-14(18)15(9-12)24-10-16(21)20-6-4-19(5-7-20)13-3-8-25(22,23)11-13/h1-2,9,13H,3-8,10-11H2/p+1/t13-/m0/s1. The van der Waals surface area contributed by atoms with Gasteiger partial charge in [-0.25, -0.2) is 17.2 Å². The average Bonchev–Trinajstić information content (AvgIpc) is 2.95. The predicted octanol–water partition coefficient (Wildman–Crippen LogP) is -0.0289. The number of piperazine rings is 1. The number of thioether (sulfide) groups is 1. The van der Waals surface area contributed by atoms with E-state index < -0.39 is 21.5 Å². The number of nitrogens with one attached hydrogen (secondary N) is 1. The van der Waals surface area contributed by atoms with E-state index in [9.17, 15) is 22.0 Å². The van der Waals surface area contributed by atoms with Crippen LogP contribution in [0.25, 0.3) is 0 Å². The molecular formula is C16H21F2N2O3S2+. The van der Waals surface area contributed by atoms with Gasteiger partial charge in [0.15, 0.2) is 9.84 Å². The fourth-order valence-corrected chi connectivity index (χ4v) is 6.08. The molecule has 5 nitrogen and oxygen atoms in total. The normalized spacial score (nSPS) is 23.8. The fourth-order valence-electron chi connectivity index (χ4n) is 3.39. The number of carbonyl (C=O) groups excluding carboxylic acids is 1. The van der Waals surface area contributed by atoms with Gasteiger partial charge >= 0.3 is 0 Å². The van der Waals surface area contributed by atoms with E-state index in [0.717, 1.165) is 43.1 Å². The number of quaternary nitrogens is 1. The van der Waals surface area contributed by atoms with Crippen LogP contribution in [-0.4, -0.2) is 68.7 Å². The molecule has 2 saturated heterocycles. The molecule has 2 fully saturated rings. The molecule has 1 atom stereocenters. The molecule has 138 valence electrons. The summed E-state index contributed by atoms with van der Waals surface area (Å²) in [7, 11) is -2.89. The van der Waals surface area contributed by atoms with Crippen LogP contribution in [0.1, 0.15) is 6.42 Å². The third-order valence-corrected chi connectivity index (χ3v) is 7.60. The van der Waals surface area contributed by atoms with E-state index in [1.54, 1.807) is 4.90 Å². The number of halogens is 2. The van der Waals surface area contributed by atoms with Gasteiger partial charge in [0, 0.05) is 11.3 Å². The molecular weight excluding hydrogens is 370 g/mol. The van der Waals surface area contributed by atoms with Crippen LogP contribution in [0.5, 0.6) is 0 Å². The van der Waals surface area contributed by atoms with E-state index in [1.807, 2.05) is 0 Å². The van der Waals surface area contributed by atoms with Crippen molar-refractivity contribution >= 4 is 27.5 Å². The van der Waals surface area contributed by atoms with Gasteiger partial charge in [-0.1, -0.05) is 0 Å². The SMILES string of the molecule is O=C(CSc1cc(F)ccc1F)N1CC[NH+]([C@H]2CCS(=O)(=O)C2)CC1. The summed E-state index contributed by atoms with van der Waals surface area (Å²) < 4.78 is 49.9. The third-order valence-electron chi connectivity index (χ3n) is 4.81. The van der Waals surface area contributed by atoms with E-state index in [4.69, 9.17) is 0 Å². The van der Waals surface area contributed by atoms with Crippen molar-refractivity contribution in [2.24, 2.45) is 0 Å². The van der Waals surface area contributed by atoms with Crippen molar-refractivity contribution in [1.29, 1.82) is 0 Å². The molecule has 0 radical (unpaired) electrons. The van der Waals surface area contributed by atoms with Crippen LogP contribution < -0.4 is 4.90 Å². The Hall–Kier alpha value is -1.19. The molecule has 1 N–H and O–H groups in total. The number of hydrogen-bond donors (Lipinski definition) is 1. The van der Waals surface area contributed by atoms with E-state index in [1.165, 1.54) is 4.90 Å². The number of rotatable bonds is 4. The first-order valence-corrected chi connectivity index (χ1v) is 11.1. The van der Waals surface area contributed by atoms with Crippen molar-refractivity contribution in [3.63, 3.8) is 0 Å². The number of carbonyl (C=O) groups is 1. The summed E-state index contributed by atoms with van der Waals surface area (Å²) in [5.74, 6) is -0.597. The molecule has 1 aromatic carbocycles. The highest BCUT2D eigenvalue weighted by Crippen LogP contribution is 2.23. The van der Waals surface area contributed by atoms with E-state index in [-0.39, 0.29) is 34.1 Å². The van der Waals surface area contributed by atoms with Crippen molar-refractivity contribution in [3.05, 3.63) is 29.8 Å². The largest absolute Gasteiger partial charge is 0.331 e. The van der Waals surface area contributed by atoms with Crippen LogP contribution in [0.15, 0.2) is 23.1 Å². The smallest absolute Gasteiger partial charge is 0.233 e. The summed E-state index contributed by atoms with van der Waals surface area (Å²) in [4.78, 5) is 15.4. The van der Waals surface area contributed by atoms with E-state index in [0.29, 0.717) is 19.5 Å². The van der Waals surface area contributed by atoms with Crippen molar-refractivity contribution in [2.45, 2.75) is 17.4 Å². The van der Waals surface area contributed by atoms with Crippen molar-refractivity contribution in [1.82, 2.24) is 4.90 Å². The Morgan fingerprint density at radius 2 is 2.00 bits per heavy atom. The topological polar surface area (TPSA) is 58.9 Å². The van der Waals surface area contributed by atoms with E-state index >= 15 is 0 Å². The van der Waals surface area contributed by atoms with Crippen molar-refractivity contribution in [2.75, 3.05) is 43.4 Å².